The van der Waals surface area contributed by atoms with Gasteiger partial charge in [-0.25, -0.2) is 0 Å². The first-order chi connectivity index (χ1) is 22.4. The minimum atomic E-state index is 0.386. The van der Waals surface area contributed by atoms with Crippen molar-refractivity contribution in [3.63, 3.8) is 0 Å². The van der Waals surface area contributed by atoms with E-state index in [0.717, 1.165) is 17.6 Å². The highest BCUT2D eigenvalue weighted by molar-refractivity contribution is 4.95. The Morgan fingerprint density at radius 1 is 0.543 bits per heavy atom. The van der Waals surface area contributed by atoms with Crippen LogP contribution in [0.15, 0.2) is 24.5 Å². The largest absolute Gasteiger partial charge is 0.495 e. The third-order valence-corrected chi connectivity index (χ3v) is 11.2. The van der Waals surface area contributed by atoms with Crippen LogP contribution in [-0.2, 0) is 4.74 Å². The third kappa shape index (κ3) is 22.7. The van der Waals surface area contributed by atoms with Gasteiger partial charge in [0, 0.05) is 5.92 Å². The van der Waals surface area contributed by atoms with Crippen molar-refractivity contribution in [3.8, 4) is 0 Å². The second-order valence-electron chi connectivity index (χ2n) is 15.6. The zero-order valence-corrected chi connectivity index (χ0v) is 32.5. The van der Waals surface area contributed by atoms with Crippen LogP contribution in [0, 0.1) is 17.8 Å². The number of ether oxygens (including phenoxy) is 1. The van der Waals surface area contributed by atoms with Crippen LogP contribution in [-0.4, -0.2) is 31.1 Å². The summed E-state index contributed by atoms with van der Waals surface area (Å²) < 4.78 is 6.64. The topological polar surface area (TPSA) is 12.5 Å². The Morgan fingerprint density at radius 2 is 1.00 bits per heavy atom. The summed E-state index contributed by atoms with van der Waals surface area (Å²) in [6.07, 6.45) is 39.6. The van der Waals surface area contributed by atoms with Gasteiger partial charge in [-0.15, -0.1) is 0 Å². The number of rotatable bonds is 33. The molecular formula is C44H85NO. The number of allylic oxidation sites excluding steroid dienone is 2. The van der Waals surface area contributed by atoms with Crippen molar-refractivity contribution < 1.29 is 4.74 Å². The van der Waals surface area contributed by atoms with E-state index < -0.39 is 0 Å². The number of hydrogen-bond acceptors (Lipinski definition) is 2. The van der Waals surface area contributed by atoms with Gasteiger partial charge in [-0.3, -0.25) is 0 Å². The van der Waals surface area contributed by atoms with Gasteiger partial charge < -0.3 is 9.64 Å². The van der Waals surface area contributed by atoms with Crippen LogP contribution in [0.5, 0.6) is 0 Å². The summed E-state index contributed by atoms with van der Waals surface area (Å²) in [5, 5.41) is 0. The molecule has 0 aromatic heterocycles. The molecular weight excluding hydrogens is 558 g/mol. The fraction of sp³-hybridized carbons (Fsp3) is 0.909. The van der Waals surface area contributed by atoms with Crippen LogP contribution in [0.1, 0.15) is 214 Å². The highest BCUT2D eigenvalue weighted by atomic mass is 16.5. The molecule has 1 fully saturated rings. The Morgan fingerprint density at radius 3 is 1.54 bits per heavy atom. The number of piperidine rings is 1. The summed E-state index contributed by atoms with van der Waals surface area (Å²) >= 11 is 0. The molecule has 0 aromatic rings. The van der Waals surface area contributed by atoms with Crippen molar-refractivity contribution in [2.24, 2.45) is 17.8 Å². The monoisotopic (exact) mass is 644 g/mol. The summed E-state index contributed by atoms with van der Waals surface area (Å²) in [6, 6.07) is 0. The zero-order chi connectivity index (χ0) is 33.7. The number of hydrogen-bond donors (Lipinski definition) is 0. The predicted octanol–water partition coefficient (Wildman–Crippen LogP) is 14.6. The van der Waals surface area contributed by atoms with Crippen molar-refractivity contribution in [3.05, 3.63) is 24.5 Å². The first-order valence-electron chi connectivity index (χ1n) is 21.2. The van der Waals surface area contributed by atoms with E-state index in [1.807, 2.05) is 0 Å². The predicted molar refractivity (Wildman–Crippen MR) is 208 cm³/mol. The first kappa shape index (κ1) is 43.3. The van der Waals surface area contributed by atoms with E-state index in [1.54, 1.807) is 0 Å². The van der Waals surface area contributed by atoms with Crippen molar-refractivity contribution in [2.75, 3.05) is 20.1 Å². The van der Waals surface area contributed by atoms with Crippen molar-refractivity contribution in [1.82, 2.24) is 4.90 Å². The molecule has 0 aliphatic carbocycles. The van der Waals surface area contributed by atoms with Crippen LogP contribution < -0.4 is 0 Å². The molecule has 1 saturated heterocycles. The van der Waals surface area contributed by atoms with E-state index in [1.165, 1.54) is 205 Å². The molecule has 2 unspecified atom stereocenters. The molecule has 2 atom stereocenters. The molecule has 0 bridgehead atoms. The second-order valence-corrected chi connectivity index (χ2v) is 15.6. The quantitative estimate of drug-likeness (QED) is 0.0401. The average molecular weight is 644 g/mol. The zero-order valence-electron chi connectivity index (χ0n) is 32.5. The number of likely N-dealkylation sites (tertiary alicyclic amines) is 1. The smallest absolute Gasteiger partial charge is 0.0982 e. The molecule has 0 aromatic carbocycles. The molecule has 0 N–H and O–H groups in total. The SMILES string of the molecule is C=C(CCCCCCCCC(CCCCCCCCCC)OC(=C)C1CCN(C)CC1)CCCC(CCCC)C(CCC)CCC. The van der Waals surface area contributed by atoms with Crippen LogP contribution in [0.3, 0.4) is 0 Å². The fourth-order valence-electron chi connectivity index (χ4n) is 8.04. The molecule has 1 aliphatic heterocycles. The Labute approximate surface area is 291 Å². The summed E-state index contributed by atoms with van der Waals surface area (Å²) in [5.41, 5.74) is 1.52. The molecule has 0 spiro atoms. The Kier molecular flexibility index (Phi) is 28.5. The van der Waals surface area contributed by atoms with Gasteiger partial charge in [0.25, 0.3) is 0 Å². The standard InChI is InChI=1S/C44H85NO/c1-8-12-14-15-16-17-21-24-33-44(46-40(6)41-35-37-45(7)38-36-41)34-25-22-19-18-20-23-29-39(5)30-26-32-43(31-13-9-2)42(27-10-3)28-11-4/h41-44H,5-6,8-38H2,1-4,7H3. The molecule has 1 aliphatic rings. The number of unbranched alkanes of at least 4 members (excludes halogenated alkanes) is 13. The van der Waals surface area contributed by atoms with Gasteiger partial charge in [-0.1, -0.05) is 162 Å². The van der Waals surface area contributed by atoms with Gasteiger partial charge in [0.15, 0.2) is 0 Å². The first-order valence-corrected chi connectivity index (χ1v) is 21.2. The van der Waals surface area contributed by atoms with Gasteiger partial charge in [-0.2, -0.15) is 0 Å². The maximum atomic E-state index is 6.64. The lowest BCUT2D eigenvalue weighted by molar-refractivity contribution is 0.0628. The summed E-state index contributed by atoms with van der Waals surface area (Å²) in [6.45, 7) is 20.7. The second kappa shape index (κ2) is 30.3. The molecule has 0 saturated carbocycles. The molecule has 272 valence electrons. The summed E-state index contributed by atoms with van der Waals surface area (Å²) in [4.78, 5) is 2.44. The van der Waals surface area contributed by atoms with E-state index in [9.17, 15) is 0 Å². The van der Waals surface area contributed by atoms with Crippen molar-refractivity contribution in [2.45, 2.75) is 220 Å². The maximum Gasteiger partial charge on any atom is 0.0982 e. The molecule has 2 heteroatoms. The van der Waals surface area contributed by atoms with Crippen molar-refractivity contribution in [1.29, 1.82) is 0 Å². The van der Waals surface area contributed by atoms with E-state index >= 15 is 0 Å². The van der Waals surface area contributed by atoms with Crippen LogP contribution in [0.2, 0.25) is 0 Å². The highest BCUT2D eigenvalue weighted by Gasteiger charge is 2.23. The lowest BCUT2D eigenvalue weighted by Gasteiger charge is -2.32. The van der Waals surface area contributed by atoms with Gasteiger partial charge in [-0.05, 0) is 103 Å². The van der Waals surface area contributed by atoms with Gasteiger partial charge >= 0.3 is 0 Å². The van der Waals surface area contributed by atoms with Gasteiger partial charge in [0.1, 0.15) is 0 Å². The van der Waals surface area contributed by atoms with E-state index in [-0.39, 0.29) is 0 Å². The number of nitrogens with zero attached hydrogens (tertiary/aromatic N) is 1. The average Bonchev–Trinajstić information content (AvgIpc) is 3.05. The van der Waals surface area contributed by atoms with Crippen LogP contribution in [0.25, 0.3) is 0 Å². The Hall–Kier alpha value is -0.760. The highest BCUT2D eigenvalue weighted by Crippen LogP contribution is 2.32. The third-order valence-electron chi connectivity index (χ3n) is 11.2. The van der Waals surface area contributed by atoms with Crippen LogP contribution in [0.4, 0.5) is 0 Å². The normalized spacial score (nSPS) is 15.8. The van der Waals surface area contributed by atoms with E-state index in [4.69, 9.17) is 4.74 Å². The fourth-order valence-corrected chi connectivity index (χ4v) is 8.04. The molecule has 1 heterocycles. The lowest BCUT2D eigenvalue weighted by atomic mass is 9.79. The molecule has 0 amide bonds. The molecule has 0 radical (unpaired) electrons. The lowest BCUT2D eigenvalue weighted by Crippen LogP contribution is -2.31. The summed E-state index contributed by atoms with van der Waals surface area (Å²) in [7, 11) is 2.24. The molecule has 1 rings (SSSR count). The van der Waals surface area contributed by atoms with E-state index in [2.05, 4.69) is 52.8 Å². The maximum absolute atomic E-state index is 6.64. The minimum Gasteiger partial charge on any atom is -0.495 e. The van der Waals surface area contributed by atoms with Gasteiger partial charge in [0.05, 0.1) is 11.9 Å². The summed E-state index contributed by atoms with van der Waals surface area (Å²) in [5.74, 6) is 3.56. The van der Waals surface area contributed by atoms with Crippen LogP contribution >= 0.6 is 0 Å². The van der Waals surface area contributed by atoms with E-state index in [0.29, 0.717) is 12.0 Å². The minimum absolute atomic E-state index is 0.386. The Balaban J connectivity index is 2.27. The van der Waals surface area contributed by atoms with Gasteiger partial charge in [0.2, 0.25) is 0 Å². The molecule has 2 nitrogen and oxygen atoms in total. The Bertz CT molecular complexity index is 686. The van der Waals surface area contributed by atoms with Crippen molar-refractivity contribution >= 4 is 0 Å². The molecule has 46 heavy (non-hydrogen) atoms.